The maximum Gasteiger partial charge on any atom is 0.191 e. The van der Waals surface area contributed by atoms with Crippen molar-refractivity contribution in [2.45, 2.75) is 45.9 Å². The summed E-state index contributed by atoms with van der Waals surface area (Å²) in [4.78, 5) is 9.84. The van der Waals surface area contributed by atoms with Gasteiger partial charge >= 0.3 is 0 Å². The summed E-state index contributed by atoms with van der Waals surface area (Å²) in [5.74, 6) is 0.691. The highest BCUT2D eigenvalue weighted by Gasteiger charge is 2.28. The highest BCUT2D eigenvalue weighted by atomic mass is 32.2. The first-order chi connectivity index (χ1) is 10.2. The molecule has 0 spiro atoms. The van der Waals surface area contributed by atoms with Crippen LogP contribution < -0.4 is 10.6 Å². The second-order valence-corrected chi connectivity index (χ2v) is 10.1. The van der Waals surface area contributed by atoms with Crippen LogP contribution in [0.4, 0.5) is 0 Å². The van der Waals surface area contributed by atoms with Crippen molar-refractivity contribution >= 4 is 27.1 Å². The summed E-state index contributed by atoms with van der Waals surface area (Å²) in [7, 11) is -3.13. The summed E-state index contributed by atoms with van der Waals surface area (Å²) in [6, 6.07) is 0. The first kappa shape index (κ1) is 18.9. The van der Waals surface area contributed by atoms with E-state index in [1.54, 1.807) is 32.1 Å². The Morgan fingerprint density at radius 1 is 1.36 bits per heavy atom. The number of guanidine groups is 1. The molecule has 0 aromatic carbocycles. The third-order valence-electron chi connectivity index (χ3n) is 2.98. The molecule has 6 nitrogen and oxygen atoms in total. The van der Waals surface area contributed by atoms with E-state index >= 15 is 0 Å². The fraction of sp³-hybridized carbons (Fsp3) is 0.714. The van der Waals surface area contributed by atoms with E-state index in [0.29, 0.717) is 19.0 Å². The van der Waals surface area contributed by atoms with E-state index in [2.05, 4.69) is 20.6 Å². The minimum absolute atomic E-state index is 0.0806. The molecular formula is C14H26N4O2S2. The molecule has 0 radical (unpaired) electrons. The van der Waals surface area contributed by atoms with Crippen molar-refractivity contribution in [3.63, 3.8) is 0 Å². The van der Waals surface area contributed by atoms with E-state index in [1.807, 2.05) is 20.0 Å². The van der Waals surface area contributed by atoms with Crippen LogP contribution in [0, 0.1) is 6.92 Å². The lowest BCUT2D eigenvalue weighted by atomic mass is 10.3. The fourth-order valence-corrected chi connectivity index (χ4v) is 3.27. The van der Waals surface area contributed by atoms with Crippen molar-refractivity contribution < 1.29 is 8.42 Å². The molecule has 0 aliphatic carbocycles. The van der Waals surface area contributed by atoms with Crippen molar-refractivity contribution in [1.82, 2.24) is 15.6 Å². The number of aliphatic imine (C=N–C) groups is 1. The number of hydrogen-bond donors (Lipinski definition) is 2. The Labute approximate surface area is 137 Å². The average Bonchev–Trinajstić information content (AvgIpc) is 2.80. The number of aromatic nitrogens is 1. The smallest absolute Gasteiger partial charge is 0.191 e. The number of sulfone groups is 1. The van der Waals surface area contributed by atoms with Gasteiger partial charge in [0.05, 0.1) is 17.0 Å². The molecule has 0 fully saturated rings. The third kappa shape index (κ3) is 5.92. The van der Waals surface area contributed by atoms with Gasteiger partial charge in [0.25, 0.3) is 0 Å². The molecule has 1 heterocycles. The first-order valence-corrected chi connectivity index (χ1v) is 9.78. The number of nitrogens with zero attached hydrogens (tertiary/aromatic N) is 2. The summed E-state index contributed by atoms with van der Waals surface area (Å²) < 4.78 is 23.4. The number of aryl methyl sites for hydroxylation is 1. The minimum atomic E-state index is -3.13. The molecule has 126 valence electrons. The predicted octanol–water partition coefficient (Wildman–Crippen LogP) is 1.72. The van der Waals surface area contributed by atoms with Crippen molar-refractivity contribution in [1.29, 1.82) is 0 Å². The minimum Gasteiger partial charge on any atom is -0.357 e. The zero-order chi connectivity index (χ0) is 16.8. The lowest BCUT2D eigenvalue weighted by Gasteiger charge is -2.19. The first-order valence-electron chi connectivity index (χ1n) is 7.31. The summed E-state index contributed by atoms with van der Waals surface area (Å²) >= 11 is 1.61. The number of hydrogen-bond acceptors (Lipinski definition) is 5. The SMILES string of the molecule is CCNC(=NCc1ncc(C)s1)NCCS(=O)(=O)C(C)(C)C. The van der Waals surface area contributed by atoms with Crippen molar-refractivity contribution in [3.05, 3.63) is 16.1 Å². The number of thiazole rings is 1. The van der Waals surface area contributed by atoms with Gasteiger partial charge in [-0.15, -0.1) is 11.3 Å². The van der Waals surface area contributed by atoms with E-state index in [9.17, 15) is 8.42 Å². The normalized spacial score (nSPS) is 13.2. The Kier molecular flexibility index (Phi) is 6.80. The Morgan fingerprint density at radius 2 is 2.05 bits per heavy atom. The van der Waals surface area contributed by atoms with Gasteiger partial charge in [-0.05, 0) is 34.6 Å². The van der Waals surface area contributed by atoms with Crippen LogP contribution in [0.5, 0.6) is 0 Å². The third-order valence-corrected chi connectivity index (χ3v) is 6.49. The summed E-state index contributed by atoms with van der Waals surface area (Å²) in [6.07, 6.45) is 1.83. The lowest BCUT2D eigenvalue weighted by molar-refractivity contribution is 0.559. The molecule has 0 saturated heterocycles. The van der Waals surface area contributed by atoms with E-state index in [4.69, 9.17) is 0 Å². The van der Waals surface area contributed by atoms with Gasteiger partial charge < -0.3 is 10.6 Å². The maximum atomic E-state index is 12.1. The number of nitrogens with one attached hydrogen (secondary N) is 2. The van der Waals surface area contributed by atoms with Crippen molar-refractivity contribution in [2.75, 3.05) is 18.8 Å². The predicted molar refractivity (Wildman–Crippen MR) is 93.2 cm³/mol. The summed E-state index contributed by atoms with van der Waals surface area (Å²) in [6.45, 7) is 10.7. The Balaban J connectivity index is 2.58. The molecule has 0 aliphatic rings. The zero-order valence-electron chi connectivity index (χ0n) is 13.9. The summed E-state index contributed by atoms with van der Waals surface area (Å²) in [5.41, 5.74) is 0. The summed E-state index contributed by atoms with van der Waals surface area (Å²) in [5, 5.41) is 7.11. The van der Waals surface area contributed by atoms with Gasteiger partial charge in [-0.25, -0.2) is 18.4 Å². The van der Waals surface area contributed by atoms with Gasteiger partial charge in [0.2, 0.25) is 0 Å². The Hall–Kier alpha value is -1.15. The molecule has 8 heteroatoms. The number of rotatable bonds is 6. The zero-order valence-corrected chi connectivity index (χ0v) is 15.6. The fourth-order valence-electron chi connectivity index (χ4n) is 1.57. The van der Waals surface area contributed by atoms with Crippen LogP contribution >= 0.6 is 11.3 Å². The van der Waals surface area contributed by atoms with E-state index < -0.39 is 14.6 Å². The van der Waals surface area contributed by atoms with Crippen LogP contribution in [0.2, 0.25) is 0 Å². The van der Waals surface area contributed by atoms with Gasteiger partial charge in [0.1, 0.15) is 5.01 Å². The van der Waals surface area contributed by atoms with Gasteiger partial charge in [-0.2, -0.15) is 0 Å². The molecule has 2 N–H and O–H groups in total. The van der Waals surface area contributed by atoms with Crippen molar-refractivity contribution in [3.8, 4) is 0 Å². The monoisotopic (exact) mass is 346 g/mol. The molecule has 0 unspecified atom stereocenters. The van der Waals surface area contributed by atoms with Crippen LogP contribution in [0.3, 0.4) is 0 Å². The molecule has 0 saturated carbocycles. The molecule has 0 atom stereocenters. The Morgan fingerprint density at radius 3 is 2.55 bits per heavy atom. The molecule has 0 aliphatic heterocycles. The van der Waals surface area contributed by atoms with E-state index in [-0.39, 0.29) is 5.75 Å². The second kappa shape index (κ2) is 7.92. The van der Waals surface area contributed by atoms with Gasteiger partial charge in [0.15, 0.2) is 15.8 Å². The largest absolute Gasteiger partial charge is 0.357 e. The lowest BCUT2D eigenvalue weighted by Crippen LogP contribution is -2.41. The molecule has 1 rings (SSSR count). The second-order valence-electron chi connectivity index (χ2n) is 5.92. The topological polar surface area (TPSA) is 83.4 Å². The maximum absolute atomic E-state index is 12.1. The molecule has 1 aromatic heterocycles. The molecule has 22 heavy (non-hydrogen) atoms. The highest BCUT2D eigenvalue weighted by molar-refractivity contribution is 7.92. The van der Waals surface area contributed by atoms with Gasteiger partial charge in [0, 0.05) is 24.2 Å². The van der Waals surface area contributed by atoms with Crippen LogP contribution in [-0.2, 0) is 16.4 Å². The van der Waals surface area contributed by atoms with Crippen LogP contribution in [0.25, 0.3) is 0 Å². The molecule has 1 aromatic rings. The van der Waals surface area contributed by atoms with E-state index in [0.717, 1.165) is 16.4 Å². The van der Waals surface area contributed by atoms with Gasteiger partial charge in [-0.3, -0.25) is 0 Å². The van der Waals surface area contributed by atoms with Crippen molar-refractivity contribution in [2.24, 2.45) is 4.99 Å². The Bertz CT molecular complexity index is 601. The molecule has 0 amide bonds. The van der Waals surface area contributed by atoms with Crippen LogP contribution in [0.1, 0.15) is 37.6 Å². The molecular weight excluding hydrogens is 320 g/mol. The van der Waals surface area contributed by atoms with E-state index in [1.165, 1.54) is 0 Å². The van der Waals surface area contributed by atoms with Crippen LogP contribution in [-0.4, -0.2) is 43.0 Å². The van der Waals surface area contributed by atoms with Gasteiger partial charge in [-0.1, -0.05) is 0 Å². The quantitative estimate of drug-likeness (QED) is 0.605. The van der Waals surface area contributed by atoms with Crippen LogP contribution in [0.15, 0.2) is 11.2 Å². The highest BCUT2D eigenvalue weighted by Crippen LogP contribution is 2.15. The average molecular weight is 347 g/mol. The molecule has 0 bridgehead atoms. The standard InChI is InChI=1S/C14H26N4O2S2/c1-6-15-13(18-10-12-17-9-11(2)21-12)16-7-8-22(19,20)14(3,4)5/h9H,6-8,10H2,1-5H3,(H2,15,16,18).